The minimum atomic E-state index is 0.245. The molecule has 0 saturated heterocycles. The minimum Gasteiger partial charge on any atom is -0.323 e. The predicted molar refractivity (Wildman–Crippen MR) is 50.7 cm³/mol. The Bertz CT molecular complexity index is 191. The van der Waals surface area contributed by atoms with Crippen LogP contribution < -0.4 is 5.73 Å². The highest BCUT2D eigenvalue weighted by Crippen LogP contribution is 2.22. The summed E-state index contributed by atoms with van der Waals surface area (Å²) in [6.07, 6.45) is 1.08. The summed E-state index contributed by atoms with van der Waals surface area (Å²) < 4.78 is 0. The molecular formula is C9H15NS. The van der Waals surface area contributed by atoms with Gasteiger partial charge < -0.3 is 5.73 Å². The van der Waals surface area contributed by atoms with Crippen LogP contribution in [0.5, 0.6) is 0 Å². The molecule has 0 aliphatic rings. The Morgan fingerprint density at radius 3 is 2.73 bits per heavy atom. The maximum atomic E-state index is 5.95. The van der Waals surface area contributed by atoms with Gasteiger partial charge in [-0.25, -0.2) is 0 Å². The van der Waals surface area contributed by atoms with Gasteiger partial charge >= 0.3 is 0 Å². The molecule has 1 aromatic rings. The Labute approximate surface area is 72.2 Å². The molecule has 0 saturated carbocycles. The Kier molecular flexibility index (Phi) is 3.09. The van der Waals surface area contributed by atoms with Gasteiger partial charge in [0.2, 0.25) is 0 Å². The molecule has 62 valence electrons. The van der Waals surface area contributed by atoms with Crippen molar-refractivity contribution in [2.24, 2.45) is 11.7 Å². The Hall–Kier alpha value is -0.340. The third-order valence-corrected chi connectivity index (χ3v) is 2.64. The normalized spacial score (nSPS) is 13.8. The average molecular weight is 169 g/mol. The predicted octanol–water partition coefficient (Wildman–Crippen LogP) is 2.79. The molecule has 0 aromatic carbocycles. The number of thiophene rings is 1. The van der Waals surface area contributed by atoms with Gasteiger partial charge in [0.05, 0.1) is 0 Å². The fourth-order valence-electron chi connectivity index (χ4n) is 1.13. The zero-order chi connectivity index (χ0) is 8.27. The van der Waals surface area contributed by atoms with E-state index in [4.69, 9.17) is 5.73 Å². The Morgan fingerprint density at radius 2 is 2.27 bits per heavy atom. The SMILES string of the molecule is CC(C)C[C@H](N)c1cccs1. The molecule has 0 radical (unpaired) electrons. The second-order valence-electron chi connectivity index (χ2n) is 3.25. The molecule has 0 amide bonds. The van der Waals surface area contributed by atoms with Crippen molar-refractivity contribution in [3.05, 3.63) is 22.4 Å². The summed E-state index contributed by atoms with van der Waals surface area (Å²) in [5.74, 6) is 0.687. The summed E-state index contributed by atoms with van der Waals surface area (Å²) in [5, 5.41) is 2.08. The van der Waals surface area contributed by atoms with Crippen molar-refractivity contribution in [1.29, 1.82) is 0 Å². The summed E-state index contributed by atoms with van der Waals surface area (Å²) in [5.41, 5.74) is 5.95. The van der Waals surface area contributed by atoms with Crippen molar-refractivity contribution >= 4 is 11.3 Å². The quantitative estimate of drug-likeness (QED) is 0.739. The van der Waals surface area contributed by atoms with Gasteiger partial charge in [0, 0.05) is 10.9 Å². The molecule has 0 aliphatic carbocycles. The Morgan fingerprint density at radius 1 is 1.55 bits per heavy atom. The van der Waals surface area contributed by atoms with Gasteiger partial charge in [-0.15, -0.1) is 11.3 Å². The average Bonchev–Trinajstić information content (AvgIpc) is 2.35. The molecule has 1 aromatic heterocycles. The van der Waals surface area contributed by atoms with Crippen LogP contribution in [0, 0.1) is 5.92 Å². The molecule has 2 heteroatoms. The molecular weight excluding hydrogens is 154 g/mol. The zero-order valence-corrected chi connectivity index (χ0v) is 7.90. The Balaban J connectivity index is 2.49. The standard InChI is InChI=1S/C9H15NS/c1-7(2)6-8(10)9-4-3-5-11-9/h3-5,7-8H,6,10H2,1-2H3/t8-/m0/s1. The molecule has 1 nitrogen and oxygen atoms in total. The molecule has 1 rings (SSSR count). The van der Waals surface area contributed by atoms with Crippen molar-refractivity contribution in [3.63, 3.8) is 0 Å². The lowest BCUT2D eigenvalue weighted by Gasteiger charge is -2.11. The van der Waals surface area contributed by atoms with Gasteiger partial charge in [-0.2, -0.15) is 0 Å². The number of hydrogen-bond acceptors (Lipinski definition) is 2. The molecule has 0 bridgehead atoms. The van der Waals surface area contributed by atoms with Gasteiger partial charge in [0.15, 0.2) is 0 Å². The van der Waals surface area contributed by atoms with Crippen molar-refractivity contribution in [3.8, 4) is 0 Å². The summed E-state index contributed by atoms with van der Waals surface area (Å²) in [4.78, 5) is 1.30. The van der Waals surface area contributed by atoms with Crippen LogP contribution in [0.15, 0.2) is 17.5 Å². The molecule has 1 heterocycles. The lowest BCUT2D eigenvalue weighted by molar-refractivity contribution is 0.515. The molecule has 1 atom stereocenters. The third kappa shape index (κ3) is 2.64. The van der Waals surface area contributed by atoms with Crippen LogP contribution in [0.1, 0.15) is 31.2 Å². The number of hydrogen-bond donors (Lipinski definition) is 1. The van der Waals surface area contributed by atoms with Crippen LogP contribution in [0.25, 0.3) is 0 Å². The molecule has 11 heavy (non-hydrogen) atoms. The topological polar surface area (TPSA) is 26.0 Å². The van der Waals surface area contributed by atoms with E-state index in [0.717, 1.165) is 6.42 Å². The van der Waals surface area contributed by atoms with Crippen LogP contribution in [-0.4, -0.2) is 0 Å². The molecule has 0 unspecified atom stereocenters. The first kappa shape index (κ1) is 8.75. The largest absolute Gasteiger partial charge is 0.323 e. The van der Waals surface area contributed by atoms with Gasteiger partial charge in [0.1, 0.15) is 0 Å². The monoisotopic (exact) mass is 169 g/mol. The summed E-state index contributed by atoms with van der Waals surface area (Å²) in [7, 11) is 0. The van der Waals surface area contributed by atoms with Crippen LogP contribution >= 0.6 is 11.3 Å². The molecule has 0 spiro atoms. The molecule has 0 aliphatic heterocycles. The fourth-order valence-corrected chi connectivity index (χ4v) is 1.87. The summed E-state index contributed by atoms with van der Waals surface area (Å²) in [6.45, 7) is 4.40. The maximum absolute atomic E-state index is 5.95. The van der Waals surface area contributed by atoms with E-state index in [9.17, 15) is 0 Å². The molecule has 0 fully saturated rings. The lowest BCUT2D eigenvalue weighted by Crippen LogP contribution is -2.11. The summed E-state index contributed by atoms with van der Waals surface area (Å²) in [6, 6.07) is 4.41. The van der Waals surface area contributed by atoms with Gasteiger partial charge in [0.25, 0.3) is 0 Å². The van der Waals surface area contributed by atoms with E-state index in [1.807, 2.05) is 0 Å². The van der Waals surface area contributed by atoms with Crippen LogP contribution in [0.2, 0.25) is 0 Å². The minimum absolute atomic E-state index is 0.245. The van der Waals surface area contributed by atoms with E-state index in [1.165, 1.54) is 4.88 Å². The van der Waals surface area contributed by atoms with Crippen molar-refractivity contribution in [2.75, 3.05) is 0 Å². The second kappa shape index (κ2) is 3.88. The number of rotatable bonds is 3. The highest BCUT2D eigenvalue weighted by Gasteiger charge is 2.07. The fraction of sp³-hybridized carbons (Fsp3) is 0.556. The number of nitrogens with two attached hydrogens (primary N) is 1. The highest BCUT2D eigenvalue weighted by atomic mass is 32.1. The van der Waals surface area contributed by atoms with Crippen molar-refractivity contribution < 1.29 is 0 Å². The van der Waals surface area contributed by atoms with E-state index in [0.29, 0.717) is 5.92 Å². The van der Waals surface area contributed by atoms with Gasteiger partial charge in [-0.3, -0.25) is 0 Å². The van der Waals surface area contributed by atoms with Gasteiger partial charge in [-0.05, 0) is 23.8 Å². The van der Waals surface area contributed by atoms with Crippen LogP contribution in [0.4, 0.5) is 0 Å². The van der Waals surface area contributed by atoms with E-state index in [1.54, 1.807) is 11.3 Å². The maximum Gasteiger partial charge on any atom is 0.0392 e. The van der Waals surface area contributed by atoms with E-state index in [2.05, 4.69) is 31.4 Å². The van der Waals surface area contributed by atoms with Gasteiger partial charge in [-0.1, -0.05) is 19.9 Å². The second-order valence-corrected chi connectivity index (χ2v) is 4.23. The van der Waals surface area contributed by atoms with Crippen molar-refractivity contribution in [1.82, 2.24) is 0 Å². The first-order chi connectivity index (χ1) is 5.20. The third-order valence-electron chi connectivity index (χ3n) is 1.63. The first-order valence-electron chi connectivity index (χ1n) is 3.99. The van der Waals surface area contributed by atoms with E-state index in [-0.39, 0.29) is 6.04 Å². The van der Waals surface area contributed by atoms with E-state index >= 15 is 0 Å². The molecule has 2 N–H and O–H groups in total. The smallest absolute Gasteiger partial charge is 0.0392 e. The van der Waals surface area contributed by atoms with Crippen molar-refractivity contribution in [2.45, 2.75) is 26.3 Å². The first-order valence-corrected chi connectivity index (χ1v) is 4.87. The highest BCUT2D eigenvalue weighted by molar-refractivity contribution is 7.10. The lowest BCUT2D eigenvalue weighted by atomic mass is 10.0. The van der Waals surface area contributed by atoms with E-state index < -0.39 is 0 Å². The summed E-state index contributed by atoms with van der Waals surface area (Å²) >= 11 is 1.75. The van der Waals surface area contributed by atoms with Crippen LogP contribution in [0.3, 0.4) is 0 Å². The zero-order valence-electron chi connectivity index (χ0n) is 7.08. The van der Waals surface area contributed by atoms with Crippen LogP contribution in [-0.2, 0) is 0 Å².